The average molecular weight is 348 g/mol. The van der Waals surface area contributed by atoms with Crippen molar-refractivity contribution >= 4 is 34.8 Å². The maximum absolute atomic E-state index is 12.4. The van der Waals surface area contributed by atoms with Gasteiger partial charge in [0.15, 0.2) is 0 Å². The van der Waals surface area contributed by atoms with Gasteiger partial charge in [-0.1, -0.05) is 38.3 Å². The molecule has 1 aromatic carbocycles. The molecular formula is C18H22ClN3O2. The number of nitrogens with zero attached hydrogens (tertiary/aromatic N) is 1. The second-order valence-electron chi connectivity index (χ2n) is 6.69. The highest BCUT2D eigenvalue weighted by atomic mass is 35.5. The number of rotatable bonds is 3. The second kappa shape index (κ2) is 6.93. The quantitative estimate of drug-likeness (QED) is 0.822. The van der Waals surface area contributed by atoms with Crippen LogP contribution in [0.3, 0.4) is 0 Å². The number of hydrogen-bond donors (Lipinski definition) is 2. The number of benzene rings is 1. The Morgan fingerprint density at radius 2 is 1.92 bits per heavy atom. The van der Waals surface area contributed by atoms with E-state index >= 15 is 0 Å². The monoisotopic (exact) mass is 347 g/mol. The summed E-state index contributed by atoms with van der Waals surface area (Å²) < 4.78 is 0. The van der Waals surface area contributed by atoms with E-state index < -0.39 is 4.87 Å². The van der Waals surface area contributed by atoms with Gasteiger partial charge in [-0.3, -0.25) is 9.59 Å². The summed E-state index contributed by atoms with van der Waals surface area (Å²) in [5.41, 5.74) is 5.04. The third-order valence-electron chi connectivity index (χ3n) is 4.75. The highest BCUT2D eigenvalue weighted by Gasteiger charge is 2.37. The average Bonchev–Trinajstić information content (AvgIpc) is 2.56. The molecule has 1 fully saturated rings. The van der Waals surface area contributed by atoms with E-state index in [1.54, 1.807) is 0 Å². The SMILES string of the molecule is CC1CC(=O)NN=C1c1ccc(NC(=O)C2(Cl)CCCCC2)cc1. The van der Waals surface area contributed by atoms with Crippen LogP contribution in [0.5, 0.6) is 0 Å². The number of amides is 2. The van der Waals surface area contributed by atoms with Crippen molar-refractivity contribution in [3.63, 3.8) is 0 Å². The van der Waals surface area contributed by atoms with Gasteiger partial charge in [-0.05, 0) is 30.5 Å². The molecule has 1 saturated carbocycles. The smallest absolute Gasteiger partial charge is 0.245 e. The number of halogens is 1. The van der Waals surface area contributed by atoms with Crippen molar-refractivity contribution in [2.75, 3.05) is 5.32 Å². The van der Waals surface area contributed by atoms with E-state index in [9.17, 15) is 9.59 Å². The summed E-state index contributed by atoms with van der Waals surface area (Å²) in [5.74, 6) is -0.102. The van der Waals surface area contributed by atoms with Crippen LogP contribution in [0.4, 0.5) is 5.69 Å². The van der Waals surface area contributed by atoms with Crippen molar-refractivity contribution < 1.29 is 9.59 Å². The van der Waals surface area contributed by atoms with E-state index in [-0.39, 0.29) is 17.7 Å². The maximum Gasteiger partial charge on any atom is 0.245 e. The lowest BCUT2D eigenvalue weighted by Crippen LogP contribution is -2.39. The van der Waals surface area contributed by atoms with Crippen molar-refractivity contribution in [1.29, 1.82) is 0 Å². The van der Waals surface area contributed by atoms with Gasteiger partial charge in [0.25, 0.3) is 0 Å². The van der Waals surface area contributed by atoms with Gasteiger partial charge < -0.3 is 5.32 Å². The number of carbonyl (C=O) groups is 2. The predicted molar refractivity (Wildman–Crippen MR) is 95.2 cm³/mol. The summed E-state index contributed by atoms with van der Waals surface area (Å²) in [5, 5.41) is 7.07. The number of alkyl halides is 1. The Kier molecular flexibility index (Phi) is 4.90. The molecule has 1 aliphatic carbocycles. The summed E-state index contributed by atoms with van der Waals surface area (Å²) in [6, 6.07) is 7.51. The Bertz CT molecular complexity index is 663. The van der Waals surface area contributed by atoms with Crippen LogP contribution < -0.4 is 10.7 Å². The molecule has 2 amide bonds. The molecule has 128 valence electrons. The van der Waals surface area contributed by atoms with E-state index in [1.165, 1.54) is 0 Å². The van der Waals surface area contributed by atoms with Gasteiger partial charge in [0, 0.05) is 18.0 Å². The number of hydrazone groups is 1. The largest absolute Gasteiger partial charge is 0.325 e. The number of nitrogens with one attached hydrogen (secondary N) is 2. The zero-order valence-electron chi connectivity index (χ0n) is 13.8. The van der Waals surface area contributed by atoms with Crippen LogP contribution in [-0.2, 0) is 9.59 Å². The summed E-state index contributed by atoms with van der Waals surface area (Å²) in [7, 11) is 0. The lowest BCUT2D eigenvalue weighted by Gasteiger charge is -2.29. The van der Waals surface area contributed by atoms with Crippen LogP contribution in [0.15, 0.2) is 29.4 Å². The molecule has 24 heavy (non-hydrogen) atoms. The van der Waals surface area contributed by atoms with E-state index in [1.807, 2.05) is 31.2 Å². The van der Waals surface area contributed by atoms with Crippen LogP contribution in [0, 0.1) is 5.92 Å². The van der Waals surface area contributed by atoms with Gasteiger partial charge in [-0.25, -0.2) is 5.43 Å². The first-order valence-electron chi connectivity index (χ1n) is 8.45. The Labute approximate surface area is 146 Å². The lowest BCUT2D eigenvalue weighted by molar-refractivity contribution is -0.122. The normalized spacial score (nSPS) is 23.2. The molecule has 3 rings (SSSR count). The minimum atomic E-state index is -0.775. The van der Waals surface area contributed by atoms with Gasteiger partial charge in [0.1, 0.15) is 4.87 Å². The highest BCUT2D eigenvalue weighted by molar-refractivity contribution is 6.36. The fourth-order valence-electron chi connectivity index (χ4n) is 3.31. The van der Waals surface area contributed by atoms with Crippen molar-refractivity contribution in [1.82, 2.24) is 5.43 Å². The molecule has 2 aliphatic rings. The first kappa shape index (κ1) is 17.0. The second-order valence-corrected chi connectivity index (χ2v) is 7.42. The zero-order valence-corrected chi connectivity index (χ0v) is 14.5. The molecule has 0 radical (unpaired) electrons. The van der Waals surface area contributed by atoms with Crippen molar-refractivity contribution in [3.05, 3.63) is 29.8 Å². The van der Waals surface area contributed by atoms with Crippen LogP contribution >= 0.6 is 11.6 Å². The Hall–Kier alpha value is -1.88. The fraction of sp³-hybridized carbons (Fsp3) is 0.500. The van der Waals surface area contributed by atoms with Gasteiger partial charge >= 0.3 is 0 Å². The fourth-order valence-corrected chi connectivity index (χ4v) is 3.62. The minimum absolute atomic E-state index is 0.0602. The summed E-state index contributed by atoms with van der Waals surface area (Å²) in [6.45, 7) is 1.98. The van der Waals surface area contributed by atoms with Gasteiger partial charge in [0.2, 0.25) is 11.8 Å². The van der Waals surface area contributed by atoms with E-state index in [0.29, 0.717) is 6.42 Å². The molecule has 1 heterocycles. The standard InChI is InChI=1S/C18H22ClN3O2/c1-12-11-15(23)21-22-16(12)13-5-7-14(8-6-13)20-17(24)18(19)9-3-2-4-10-18/h5-8,12H,2-4,9-11H2,1H3,(H,20,24)(H,21,23). The van der Waals surface area contributed by atoms with Crippen molar-refractivity contribution in [2.24, 2.45) is 11.0 Å². The van der Waals surface area contributed by atoms with Crippen molar-refractivity contribution in [3.8, 4) is 0 Å². The molecule has 0 spiro atoms. The number of hydrogen-bond acceptors (Lipinski definition) is 3. The molecular weight excluding hydrogens is 326 g/mol. The number of carbonyl (C=O) groups excluding carboxylic acids is 2. The summed E-state index contributed by atoms with van der Waals surface area (Å²) in [4.78, 5) is 23.0. The molecule has 0 saturated heterocycles. The topological polar surface area (TPSA) is 70.6 Å². The summed E-state index contributed by atoms with van der Waals surface area (Å²) in [6.07, 6.45) is 5.04. The van der Waals surface area contributed by atoms with Crippen LogP contribution in [-0.4, -0.2) is 22.4 Å². The van der Waals surface area contributed by atoms with Crippen LogP contribution in [0.2, 0.25) is 0 Å². The number of anilines is 1. The third-order valence-corrected chi connectivity index (χ3v) is 5.30. The van der Waals surface area contributed by atoms with Gasteiger partial charge in [-0.2, -0.15) is 5.10 Å². The first-order valence-corrected chi connectivity index (χ1v) is 8.83. The predicted octanol–water partition coefficient (Wildman–Crippen LogP) is 3.43. The Balaban J connectivity index is 1.68. The molecule has 1 aliphatic heterocycles. The molecule has 0 bridgehead atoms. The Morgan fingerprint density at radius 3 is 2.54 bits per heavy atom. The molecule has 5 nitrogen and oxygen atoms in total. The highest BCUT2D eigenvalue weighted by Crippen LogP contribution is 2.35. The molecule has 2 N–H and O–H groups in total. The van der Waals surface area contributed by atoms with E-state index in [4.69, 9.17) is 11.6 Å². The lowest BCUT2D eigenvalue weighted by atomic mass is 9.87. The van der Waals surface area contributed by atoms with Crippen LogP contribution in [0.1, 0.15) is 51.0 Å². The van der Waals surface area contributed by atoms with E-state index in [0.717, 1.165) is 49.1 Å². The zero-order chi connectivity index (χ0) is 17.2. The first-order chi connectivity index (χ1) is 11.5. The van der Waals surface area contributed by atoms with Crippen molar-refractivity contribution in [2.45, 2.75) is 50.3 Å². The molecule has 0 aromatic heterocycles. The maximum atomic E-state index is 12.4. The minimum Gasteiger partial charge on any atom is -0.325 e. The molecule has 1 atom stereocenters. The van der Waals surface area contributed by atoms with E-state index in [2.05, 4.69) is 15.8 Å². The molecule has 6 heteroatoms. The molecule has 1 aromatic rings. The van der Waals surface area contributed by atoms with Gasteiger partial charge in [0.05, 0.1) is 5.71 Å². The van der Waals surface area contributed by atoms with Crippen LogP contribution in [0.25, 0.3) is 0 Å². The Morgan fingerprint density at radius 1 is 1.25 bits per heavy atom. The summed E-state index contributed by atoms with van der Waals surface area (Å²) >= 11 is 6.49. The molecule has 1 unspecified atom stereocenters. The van der Waals surface area contributed by atoms with Gasteiger partial charge in [-0.15, -0.1) is 11.6 Å². The third kappa shape index (κ3) is 3.61.